The lowest BCUT2D eigenvalue weighted by Crippen LogP contribution is -2.05. The van der Waals surface area contributed by atoms with Gasteiger partial charge in [-0.15, -0.1) is 0 Å². The average Bonchev–Trinajstić information content (AvgIpc) is 2.55. The summed E-state index contributed by atoms with van der Waals surface area (Å²) in [6.07, 6.45) is 3.88. The SMILES string of the molecule is COc1cc(OC)c(Cl)c(CCC(C)Cc2cc(Cl)ncn2)c1Cl. The van der Waals surface area contributed by atoms with Crippen LogP contribution in [0, 0.1) is 5.92 Å². The molecule has 1 atom stereocenters. The Balaban J connectivity index is 2.10. The van der Waals surface area contributed by atoms with Gasteiger partial charge in [-0.05, 0) is 36.8 Å². The summed E-state index contributed by atoms with van der Waals surface area (Å²) >= 11 is 18.7. The van der Waals surface area contributed by atoms with Crippen LogP contribution < -0.4 is 9.47 Å². The maximum Gasteiger partial charge on any atom is 0.141 e. The Labute approximate surface area is 157 Å². The molecule has 24 heavy (non-hydrogen) atoms. The van der Waals surface area contributed by atoms with E-state index in [9.17, 15) is 0 Å². The third-order valence-corrected chi connectivity index (χ3v) is 4.84. The van der Waals surface area contributed by atoms with Crippen LogP contribution in [0.25, 0.3) is 0 Å². The Kier molecular flexibility index (Phi) is 6.96. The first kappa shape index (κ1) is 19.1. The normalized spacial score (nSPS) is 12.1. The predicted octanol–water partition coefficient (Wildman–Crippen LogP) is 5.27. The van der Waals surface area contributed by atoms with Crippen molar-refractivity contribution < 1.29 is 9.47 Å². The minimum atomic E-state index is 0.375. The van der Waals surface area contributed by atoms with E-state index in [1.807, 2.05) is 0 Å². The van der Waals surface area contributed by atoms with Gasteiger partial charge >= 0.3 is 0 Å². The molecule has 2 aromatic rings. The standard InChI is InChI=1S/C17H19Cl3N2O2/c1-10(6-11-7-15(18)22-9-21-11)4-5-12-16(19)13(23-2)8-14(24-3)17(12)20/h7-10H,4-6H2,1-3H3. The molecule has 0 saturated heterocycles. The zero-order valence-corrected chi connectivity index (χ0v) is 16.0. The van der Waals surface area contributed by atoms with Crippen LogP contribution in [0.15, 0.2) is 18.5 Å². The van der Waals surface area contributed by atoms with Gasteiger partial charge in [-0.1, -0.05) is 41.7 Å². The van der Waals surface area contributed by atoms with Crippen molar-refractivity contribution in [3.05, 3.63) is 44.9 Å². The van der Waals surface area contributed by atoms with E-state index in [1.165, 1.54) is 6.33 Å². The lowest BCUT2D eigenvalue weighted by molar-refractivity contribution is 0.393. The van der Waals surface area contributed by atoms with Crippen LogP contribution in [0.2, 0.25) is 15.2 Å². The van der Waals surface area contributed by atoms with Crippen LogP contribution in [-0.4, -0.2) is 24.2 Å². The number of hydrogen-bond acceptors (Lipinski definition) is 4. The van der Waals surface area contributed by atoms with Gasteiger partial charge in [0.05, 0.1) is 24.3 Å². The smallest absolute Gasteiger partial charge is 0.141 e. The number of methoxy groups -OCH3 is 2. The molecular weight excluding hydrogens is 371 g/mol. The monoisotopic (exact) mass is 388 g/mol. The van der Waals surface area contributed by atoms with E-state index in [-0.39, 0.29) is 0 Å². The number of aromatic nitrogens is 2. The maximum atomic E-state index is 6.40. The summed E-state index contributed by atoms with van der Waals surface area (Å²) in [5.41, 5.74) is 1.75. The number of rotatable bonds is 7. The van der Waals surface area contributed by atoms with Gasteiger partial charge < -0.3 is 9.47 Å². The fourth-order valence-corrected chi connectivity index (χ4v) is 3.35. The van der Waals surface area contributed by atoms with E-state index in [2.05, 4.69) is 16.9 Å². The van der Waals surface area contributed by atoms with Crippen molar-refractivity contribution in [2.24, 2.45) is 5.92 Å². The molecule has 0 amide bonds. The van der Waals surface area contributed by atoms with Gasteiger partial charge in [0.1, 0.15) is 23.0 Å². The molecule has 0 aliphatic heterocycles. The van der Waals surface area contributed by atoms with Gasteiger partial charge in [0.15, 0.2) is 0 Å². The molecule has 0 aliphatic rings. The molecule has 1 aromatic carbocycles. The van der Waals surface area contributed by atoms with Crippen LogP contribution >= 0.6 is 34.8 Å². The Morgan fingerprint density at radius 3 is 2.17 bits per heavy atom. The van der Waals surface area contributed by atoms with Crippen molar-refractivity contribution in [2.75, 3.05) is 14.2 Å². The van der Waals surface area contributed by atoms with E-state index in [1.54, 1.807) is 26.4 Å². The second-order valence-corrected chi connectivity index (χ2v) is 6.71. The number of ether oxygens (including phenoxy) is 2. The van der Waals surface area contributed by atoms with Gasteiger partial charge in [-0.25, -0.2) is 9.97 Å². The highest BCUT2D eigenvalue weighted by atomic mass is 35.5. The van der Waals surface area contributed by atoms with Crippen molar-refractivity contribution in [3.63, 3.8) is 0 Å². The van der Waals surface area contributed by atoms with Crippen molar-refractivity contribution in [1.29, 1.82) is 0 Å². The van der Waals surface area contributed by atoms with Gasteiger partial charge in [0, 0.05) is 11.8 Å². The fraction of sp³-hybridized carbons (Fsp3) is 0.412. The number of halogens is 3. The first-order valence-corrected chi connectivity index (χ1v) is 8.64. The Morgan fingerprint density at radius 1 is 1.00 bits per heavy atom. The minimum absolute atomic E-state index is 0.375. The molecule has 1 aromatic heterocycles. The lowest BCUT2D eigenvalue weighted by Gasteiger charge is -2.16. The summed E-state index contributed by atoms with van der Waals surface area (Å²) in [5.74, 6) is 1.49. The number of nitrogens with zero attached hydrogens (tertiary/aromatic N) is 2. The summed E-state index contributed by atoms with van der Waals surface area (Å²) in [4.78, 5) is 8.13. The van der Waals surface area contributed by atoms with E-state index in [4.69, 9.17) is 44.3 Å². The zero-order chi connectivity index (χ0) is 17.7. The summed E-state index contributed by atoms with van der Waals surface area (Å²) in [5, 5.41) is 1.51. The van der Waals surface area contributed by atoms with E-state index in [0.717, 1.165) is 24.1 Å². The molecule has 7 heteroatoms. The molecule has 130 valence electrons. The molecule has 0 bridgehead atoms. The lowest BCUT2D eigenvalue weighted by atomic mass is 9.96. The second kappa shape index (κ2) is 8.75. The largest absolute Gasteiger partial charge is 0.495 e. The van der Waals surface area contributed by atoms with Crippen LogP contribution in [-0.2, 0) is 12.8 Å². The Bertz CT molecular complexity index is 682. The molecule has 4 nitrogen and oxygen atoms in total. The van der Waals surface area contributed by atoms with Crippen molar-refractivity contribution in [2.45, 2.75) is 26.2 Å². The quantitative estimate of drug-likeness (QED) is 0.605. The highest BCUT2D eigenvalue weighted by Gasteiger charge is 2.18. The third kappa shape index (κ3) is 4.65. The highest BCUT2D eigenvalue weighted by molar-refractivity contribution is 6.37. The van der Waals surface area contributed by atoms with Gasteiger partial charge in [-0.2, -0.15) is 0 Å². The van der Waals surface area contributed by atoms with E-state index >= 15 is 0 Å². The molecule has 0 fully saturated rings. The maximum absolute atomic E-state index is 6.40. The van der Waals surface area contributed by atoms with Crippen molar-refractivity contribution in [3.8, 4) is 11.5 Å². The van der Waals surface area contributed by atoms with Crippen LogP contribution in [0.3, 0.4) is 0 Å². The molecule has 2 rings (SSSR count). The molecule has 0 spiro atoms. The first-order chi connectivity index (χ1) is 11.5. The van der Waals surface area contributed by atoms with Crippen LogP contribution in [0.4, 0.5) is 0 Å². The Hall–Kier alpha value is -1.23. The van der Waals surface area contributed by atoms with Gasteiger partial charge in [-0.3, -0.25) is 0 Å². The van der Waals surface area contributed by atoms with Crippen molar-refractivity contribution in [1.82, 2.24) is 9.97 Å². The highest BCUT2D eigenvalue weighted by Crippen LogP contribution is 2.41. The molecule has 0 N–H and O–H groups in total. The van der Waals surface area contributed by atoms with E-state index in [0.29, 0.717) is 39.0 Å². The molecule has 0 radical (unpaired) electrons. The van der Waals surface area contributed by atoms with Crippen molar-refractivity contribution >= 4 is 34.8 Å². The van der Waals surface area contributed by atoms with Crippen LogP contribution in [0.5, 0.6) is 11.5 Å². The minimum Gasteiger partial charge on any atom is -0.495 e. The second-order valence-electron chi connectivity index (χ2n) is 5.57. The zero-order valence-electron chi connectivity index (χ0n) is 13.8. The molecular formula is C17H19Cl3N2O2. The Morgan fingerprint density at radius 2 is 1.62 bits per heavy atom. The summed E-state index contributed by atoms with van der Waals surface area (Å²) in [6.45, 7) is 2.15. The predicted molar refractivity (Wildman–Crippen MR) is 97.8 cm³/mol. The number of benzene rings is 1. The average molecular weight is 390 g/mol. The van der Waals surface area contributed by atoms with Gasteiger partial charge in [0.25, 0.3) is 0 Å². The fourth-order valence-electron chi connectivity index (χ4n) is 2.49. The molecule has 1 unspecified atom stereocenters. The van der Waals surface area contributed by atoms with Gasteiger partial charge in [0.2, 0.25) is 0 Å². The number of hydrogen-bond donors (Lipinski definition) is 0. The molecule has 0 aliphatic carbocycles. The van der Waals surface area contributed by atoms with Crippen LogP contribution in [0.1, 0.15) is 24.6 Å². The molecule has 0 saturated carbocycles. The summed E-state index contributed by atoms with van der Waals surface area (Å²) in [6, 6.07) is 3.48. The summed E-state index contributed by atoms with van der Waals surface area (Å²) in [7, 11) is 3.14. The van der Waals surface area contributed by atoms with E-state index < -0.39 is 0 Å². The molecule has 1 heterocycles. The topological polar surface area (TPSA) is 44.2 Å². The third-order valence-electron chi connectivity index (χ3n) is 3.80. The first-order valence-electron chi connectivity index (χ1n) is 7.51. The summed E-state index contributed by atoms with van der Waals surface area (Å²) < 4.78 is 10.6.